The maximum Gasteiger partial charge on any atom is 0.323 e. The van der Waals surface area contributed by atoms with E-state index < -0.39 is 12.0 Å². The van der Waals surface area contributed by atoms with Gasteiger partial charge in [-0.1, -0.05) is 6.92 Å². The molecule has 1 heterocycles. The highest BCUT2D eigenvalue weighted by molar-refractivity contribution is 5.80. The second-order valence-electron chi connectivity index (χ2n) is 4.15. The van der Waals surface area contributed by atoms with Gasteiger partial charge in [-0.15, -0.1) is 0 Å². The third-order valence-electron chi connectivity index (χ3n) is 2.74. The van der Waals surface area contributed by atoms with Gasteiger partial charge in [-0.2, -0.15) is 10.2 Å². The Morgan fingerprint density at radius 1 is 1.53 bits per heavy atom. The molecule has 0 aliphatic heterocycles. The highest BCUT2D eigenvalue weighted by Gasteiger charge is 2.21. The molecule has 0 spiro atoms. The number of nitrogens with one attached hydrogen (secondary N) is 1. The summed E-state index contributed by atoms with van der Waals surface area (Å²) in [5, 5.41) is 19.0. The van der Waals surface area contributed by atoms with Gasteiger partial charge in [0, 0.05) is 12.2 Å². The standard InChI is InChI=1S/C12H18N4O3/c1-3-9(2)16(8-11(17)18)12(19)13-7-10-5-4-6-14-15-10/h4-6,9H,3,7-8H2,1-2H3,(H,13,19)(H,17,18). The normalized spacial score (nSPS) is 11.7. The van der Waals surface area contributed by atoms with Crippen LogP contribution in [0, 0.1) is 0 Å². The molecule has 0 radical (unpaired) electrons. The zero-order valence-corrected chi connectivity index (χ0v) is 11.0. The fourth-order valence-corrected chi connectivity index (χ4v) is 1.49. The van der Waals surface area contributed by atoms with Crippen LogP contribution in [-0.4, -0.2) is 44.8 Å². The van der Waals surface area contributed by atoms with Crippen molar-refractivity contribution in [1.82, 2.24) is 20.4 Å². The highest BCUT2D eigenvalue weighted by Crippen LogP contribution is 2.04. The Morgan fingerprint density at radius 3 is 2.79 bits per heavy atom. The Hall–Kier alpha value is -2.18. The Bertz CT molecular complexity index is 424. The van der Waals surface area contributed by atoms with Gasteiger partial charge in [0.15, 0.2) is 0 Å². The molecule has 0 saturated carbocycles. The monoisotopic (exact) mass is 266 g/mol. The van der Waals surface area contributed by atoms with Crippen LogP contribution in [0.25, 0.3) is 0 Å². The number of aromatic nitrogens is 2. The van der Waals surface area contributed by atoms with Gasteiger partial charge in [-0.25, -0.2) is 4.79 Å². The Kier molecular flexibility index (Phi) is 5.72. The van der Waals surface area contributed by atoms with Gasteiger partial charge in [-0.3, -0.25) is 4.79 Å². The molecular formula is C12H18N4O3. The van der Waals surface area contributed by atoms with Gasteiger partial charge in [0.2, 0.25) is 0 Å². The molecule has 7 nitrogen and oxygen atoms in total. The van der Waals surface area contributed by atoms with Crippen LogP contribution in [0.2, 0.25) is 0 Å². The average molecular weight is 266 g/mol. The first kappa shape index (κ1) is 14.9. The predicted molar refractivity (Wildman–Crippen MR) is 68.4 cm³/mol. The van der Waals surface area contributed by atoms with Crippen molar-refractivity contribution in [2.45, 2.75) is 32.9 Å². The molecule has 0 fully saturated rings. The van der Waals surface area contributed by atoms with E-state index in [1.807, 2.05) is 13.8 Å². The quantitative estimate of drug-likeness (QED) is 0.796. The molecule has 1 atom stereocenters. The van der Waals surface area contributed by atoms with E-state index in [9.17, 15) is 9.59 Å². The average Bonchev–Trinajstić information content (AvgIpc) is 2.42. The largest absolute Gasteiger partial charge is 0.480 e. The third kappa shape index (κ3) is 4.90. The molecule has 1 rings (SSSR count). The lowest BCUT2D eigenvalue weighted by molar-refractivity contribution is -0.138. The SMILES string of the molecule is CCC(C)N(CC(=O)O)C(=O)NCc1cccnn1. The van der Waals surface area contributed by atoms with Crippen LogP contribution in [0.1, 0.15) is 26.0 Å². The van der Waals surface area contributed by atoms with E-state index in [0.717, 1.165) is 0 Å². The number of urea groups is 1. The van der Waals surface area contributed by atoms with Crippen LogP contribution in [0.4, 0.5) is 4.79 Å². The lowest BCUT2D eigenvalue weighted by Gasteiger charge is -2.26. The highest BCUT2D eigenvalue weighted by atomic mass is 16.4. The zero-order valence-electron chi connectivity index (χ0n) is 11.0. The number of carbonyl (C=O) groups is 2. The van der Waals surface area contributed by atoms with Gasteiger partial charge >= 0.3 is 12.0 Å². The lowest BCUT2D eigenvalue weighted by Crippen LogP contribution is -2.47. The summed E-state index contributed by atoms with van der Waals surface area (Å²) in [6, 6.07) is 2.90. The van der Waals surface area contributed by atoms with Crippen molar-refractivity contribution in [1.29, 1.82) is 0 Å². The minimum absolute atomic E-state index is 0.141. The van der Waals surface area contributed by atoms with Gasteiger partial charge in [0.1, 0.15) is 6.54 Å². The fraction of sp³-hybridized carbons (Fsp3) is 0.500. The van der Waals surface area contributed by atoms with E-state index in [1.54, 1.807) is 18.3 Å². The van der Waals surface area contributed by atoms with E-state index in [0.29, 0.717) is 12.1 Å². The Balaban J connectivity index is 2.59. The number of nitrogens with zero attached hydrogens (tertiary/aromatic N) is 3. The molecule has 0 aliphatic rings. The second-order valence-corrected chi connectivity index (χ2v) is 4.15. The number of hydrogen-bond acceptors (Lipinski definition) is 4. The van der Waals surface area contributed by atoms with Crippen LogP contribution in [0.15, 0.2) is 18.3 Å². The van der Waals surface area contributed by atoms with Crippen LogP contribution in [0.3, 0.4) is 0 Å². The van der Waals surface area contributed by atoms with Crippen molar-refractivity contribution in [3.05, 3.63) is 24.0 Å². The molecule has 2 amide bonds. The molecule has 1 unspecified atom stereocenters. The number of carbonyl (C=O) groups excluding carboxylic acids is 1. The van der Waals surface area contributed by atoms with Crippen LogP contribution < -0.4 is 5.32 Å². The maximum absolute atomic E-state index is 12.0. The first-order chi connectivity index (χ1) is 9.04. The van der Waals surface area contributed by atoms with Crippen molar-refractivity contribution in [3.63, 3.8) is 0 Å². The molecule has 104 valence electrons. The molecule has 0 aliphatic carbocycles. The van der Waals surface area contributed by atoms with E-state index in [4.69, 9.17) is 5.11 Å². The molecule has 0 aromatic carbocycles. The number of carboxylic acid groups (broad SMARTS) is 1. The summed E-state index contributed by atoms with van der Waals surface area (Å²) in [4.78, 5) is 24.0. The zero-order chi connectivity index (χ0) is 14.3. The predicted octanol–water partition coefficient (Wildman–Crippen LogP) is 0.871. The summed E-state index contributed by atoms with van der Waals surface area (Å²) in [7, 11) is 0. The van der Waals surface area contributed by atoms with Crippen LogP contribution in [0.5, 0.6) is 0 Å². The summed E-state index contributed by atoms with van der Waals surface area (Å²) in [5.41, 5.74) is 0.621. The van der Waals surface area contributed by atoms with Crippen molar-refractivity contribution >= 4 is 12.0 Å². The number of rotatable bonds is 6. The molecule has 7 heteroatoms. The van der Waals surface area contributed by atoms with Crippen LogP contribution >= 0.6 is 0 Å². The first-order valence-corrected chi connectivity index (χ1v) is 6.07. The topological polar surface area (TPSA) is 95.4 Å². The van der Waals surface area contributed by atoms with E-state index in [1.165, 1.54) is 4.90 Å². The number of carboxylic acids is 1. The van der Waals surface area contributed by atoms with Crippen molar-refractivity contribution in [2.75, 3.05) is 6.54 Å². The number of amides is 2. The third-order valence-corrected chi connectivity index (χ3v) is 2.74. The number of hydrogen-bond donors (Lipinski definition) is 2. The van der Waals surface area contributed by atoms with Crippen molar-refractivity contribution < 1.29 is 14.7 Å². The van der Waals surface area contributed by atoms with Gasteiger partial charge in [0.05, 0.1) is 12.2 Å². The minimum atomic E-state index is -1.03. The molecule has 0 bridgehead atoms. The molecule has 0 saturated heterocycles. The first-order valence-electron chi connectivity index (χ1n) is 6.07. The summed E-state index contributed by atoms with van der Waals surface area (Å²) in [6.07, 6.45) is 2.23. The minimum Gasteiger partial charge on any atom is -0.480 e. The summed E-state index contributed by atoms with van der Waals surface area (Å²) < 4.78 is 0. The summed E-state index contributed by atoms with van der Waals surface area (Å²) in [6.45, 7) is 3.61. The summed E-state index contributed by atoms with van der Waals surface area (Å²) in [5.74, 6) is -1.03. The Morgan fingerprint density at radius 2 is 2.26 bits per heavy atom. The fourth-order valence-electron chi connectivity index (χ4n) is 1.49. The molecule has 1 aromatic rings. The van der Waals surface area contributed by atoms with Gasteiger partial charge < -0.3 is 15.3 Å². The van der Waals surface area contributed by atoms with E-state index >= 15 is 0 Å². The Labute approximate surface area is 111 Å². The van der Waals surface area contributed by atoms with E-state index in [-0.39, 0.29) is 19.1 Å². The van der Waals surface area contributed by atoms with E-state index in [2.05, 4.69) is 15.5 Å². The van der Waals surface area contributed by atoms with Crippen molar-refractivity contribution in [2.24, 2.45) is 0 Å². The second kappa shape index (κ2) is 7.30. The van der Waals surface area contributed by atoms with Gasteiger partial charge in [-0.05, 0) is 25.5 Å². The smallest absolute Gasteiger partial charge is 0.323 e. The van der Waals surface area contributed by atoms with Crippen LogP contribution in [-0.2, 0) is 11.3 Å². The molecular weight excluding hydrogens is 248 g/mol. The van der Waals surface area contributed by atoms with Gasteiger partial charge in [0.25, 0.3) is 0 Å². The lowest BCUT2D eigenvalue weighted by atomic mass is 10.2. The maximum atomic E-state index is 12.0. The molecule has 19 heavy (non-hydrogen) atoms. The van der Waals surface area contributed by atoms with Crippen molar-refractivity contribution in [3.8, 4) is 0 Å². The summed E-state index contributed by atoms with van der Waals surface area (Å²) >= 11 is 0. The molecule has 1 aromatic heterocycles. The molecule has 2 N–H and O–H groups in total. The number of aliphatic carboxylic acids is 1.